The highest BCUT2D eigenvalue weighted by molar-refractivity contribution is 5.89. The van der Waals surface area contributed by atoms with Crippen LogP contribution in [0.25, 0.3) is 0 Å². The Labute approximate surface area is 108 Å². The number of alkyl halides is 3. The fourth-order valence-corrected chi connectivity index (χ4v) is 1.85. The fraction of sp³-hybridized carbons (Fsp3) is 0.462. The number of benzene rings is 1. The van der Waals surface area contributed by atoms with Gasteiger partial charge >= 0.3 is 12.1 Å². The number of ether oxygens (including phenoxy) is 2. The Hall–Kier alpha value is -1.56. The van der Waals surface area contributed by atoms with Gasteiger partial charge < -0.3 is 9.47 Å². The Morgan fingerprint density at radius 1 is 1.42 bits per heavy atom. The van der Waals surface area contributed by atoms with Gasteiger partial charge in [0.2, 0.25) is 0 Å². The quantitative estimate of drug-likeness (QED) is 0.795. The largest absolute Gasteiger partial charge is 0.459 e. The summed E-state index contributed by atoms with van der Waals surface area (Å²) in [6, 6.07) is 4.19. The molecule has 0 bridgehead atoms. The molecule has 0 unspecified atom stereocenters. The van der Waals surface area contributed by atoms with Crippen LogP contribution in [-0.4, -0.2) is 25.3 Å². The number of halogens is 3. The molecule has 1 aromatic carbocycles. The van der Waals surface area contributed by atoms with Gasteiger partial charge in [-0.15, -0.1) is 0 Å². The van der Waals surface area contributed by atoms with Gasteiger partial charge in [0.25, 0.3) is 0 Å². The Morgan fingerprint density at radius 2 is 2.21 bits per heavy atom. The standard InChI is InChI=1S/C13H13F3O3/c14-13(15,16)10-4-1-3-9(7-10)12(17)19-8-11-5-2-6-18-11/h1,3-4,7,11H,2,5-6,8H2/t11-/m1/s1. The van der Waals surface area contributed by atoms with Gasteiger partial charge in [0.15, 0.2) is 0 Å². The maximum absolute atomic E-state index is 12.5. The van der Waals surface area contributed by atoms with Crippen molar-refractivity contribution in [3.05, 3.63) is 35.4 Å². The van der Waals surface area contributed by atoms with Crippen molar-refractivity contribution in [1.29, 1.82) is 0 Å². The predicted octanol–water partition coefficient (Wildman–Crippen LogP) is 3.04. The van der Waals surface area contributed by atoms with Crippen molar-refractivity contribution in [2.24, 2.45) is 0 Å². The van der Waals surface area contributed by atoms with Crippen molar-refractivity contribution in [2.45, 2.75) is 25.1 Å². The van der Waals surface area contributed by atoms with Crippen LogP contribution in [0.5, 0.6) is 0 Å². The molecule has 3 nitrogen and oxygen atoms in total. The monoisotopic (exact) mass is 274 g/mol. The molecule has 0 aromatic heterocycles. The summed E-state index contributed by atoms with van der Waals surface area (Å²) in [5, 5.41) is 0. The number of hydrogen-bond acceptors (Lipinski definition) is 3. The summed E-state index contributed by atoms with van der Waals surface area (Å²) in [7, 11) is 0. The average Bonchev–Trinajstić information content (AvgIpc) is 2.88. The van der Waals surface area contributed by atoms with Gasteiger partial charge in [-0.2, -0.15) is 13.2 Å². The van der Waals surface area contributed by atoms with E-state index in [9.17, 15) is 18.0 Å². The predicted molar refractivity (Wildman–Crippen MR) is 60.7 cm³/mol. The van der Waals surface area contributed by atoms with Crippen LogP contribution in [0.4, 0.5) is 13.2 Å². The molecule has 0 aliphatic carbocycles. The van der Waals surface area contributed by atoms with E-state index >= 15 is 0 Å². The van der Waals surface area contributed by atoms with E-state index in [-0.39, 0.29) is 18.3 Å². The Kier molecular flexibility index (Phi) is 4.09. The number of esters is 1. The van der Waals surface area contributed by atoms with E-state index in [1.807, 2.05) is 0 Å². The van der Waals surface area contributed by atoms with Crippen molar-refractivity contribution in [1.82, 2.24) is 0 Å². The zero-order valence-corrected chi connectivity index (χ0v) is 10.1. The summed E-state index contributed by atoms with van der Waals surface area (Å²) < 4.78 is 47.7. The van der Waals surface area contributed by atoms with Gasteiger partial charge in [-0.05, 0) is 31.0 Å². The summed E-state index contributed by atoms with van der Waals surface area (Å²) in [6.45, 7) is 0.709. The van der Waals surface area contributed by atoms with Crippen LogP contribution in [0.2, 0.25) is 0 Å². The van der Waals surface area contributed by atoms with Crippen LogP contribution in [0.15, 0.2) is 24.3 Å². The molecular weight excluding hydrogens is 261 g/mol. The van der Waals surface area contributed by atoms with Crippen LogP contribution in [0, 0.1) is 0 Å². The highest BCUT2D eigenvalue weighted by atomic mass is 19.4. The lowest BCUT2D eigenvalue weighted by Crippen LogP contribution is -2.18. The third-order valence-corrected chi connectivity index (χ3v) is 2.85. The molecule has 1 atom stereocenters. The van der Waals surface area contributed by atoms with Crippen molar-refractivity contribution in [3.8, 4) is 0 Å². The molecule has 19 heavy (non-hydrogen) atoms. The molecule has 6 heteroatoms. The zero-order valence-electron chi connectivity index (χ0n) is 10.1. The van der Waals surface area contributed by atoms with Crippen molar-refractivity contribution in [3.63, 3.8) is 0 Å². The van der Waals surface area contributed by atoms with E-state index in [4.69, 9.17) is 9.47 Å². The summed E-state index contributed by atoms with van der Waals surface area (Å²) in [5.41, 5.74) is -0.966. The highest BCUT2D eigenvalue weighted by Crippen LogP contribution is 2.29. The second kappa shape index (κ2) is 5.61. The van der Waals surface area contributed by atoms with Gasteiger partial charge in [-0.1, -0.05) is 6.07 Å². The first-order valence-electron chi connectivity index (χ1n) is 5.93. The van der Waals surface area contributed by atoms with Crippen molar-refractivity contribution >= 4 is 5.97 Å². The first-order valence-corrected chi connectivity index (χ1v) is 5.93. The van der Waals surface area contributed by atoms with Gasteiger partial charge in [0.05, 0.1) is 17.2 Å². The third-order valence-electron chi connectivity index (χ3n) is 2.85. The van der Waals surface area contributed by atoms with E-state index in [0.29, 0.717) is 6.61 Å². The maximum Gasteiger partial charge on any atom is 0.416 e. The smallest absolute Gasteiger partial charge is 0.416 e. The Balaban J connectivity index is 1.98. The first-order chi connectivity index (χ1) is 8.97. The molecule has 0 amide bonds. The molecule has 1 fully saturated rings. The van der Waals surface area contributed by atoms with Crippen LogP contribution in [-0.2, 0) is 15.7 Å². The lowest BCUT2D eigenvalue weighted by atomic mass is 10.1. The SMILES string of the molecule is O=C(OC[C@H]1CCCO1)c1cccc(C(F)(F)F)c1. The van der Waals surface area contributed by atoms with Crippen molar-refractivity contribution < 1.29 is 27.4 Å². The molecule has 104 valence electrons. The van der Waals surface area contributed by atoms with Crippen molar-refractivity contribution in [2.75, 3.05) is 13.2 Å². The summed E-state index contributed by atoms with van der Waals surface area (Å²) in [5.74, 6) is -0.762. The number of rotatable bonds is 3. The minimum absolute atomic E-state index is 0.0785. The van der Waals surface area contributed by atoms with E-state index < -0.39 is 17.7 Å². The topological polar surface area (TPSA) is 35.5 Å². The minimum Gasteiger partial charge on any atom is -0.459 e. The normalized spacial score (nSPS) is 19.4. The zero-order chi connectivity index (χ0) is 13.9. The third kappa shape index (κ3) is 3.70. The van der Waals surface area contributed by atoms with Gasteiger partial charge in [-0.3, -0.25) is 0 Å². The molecule has 2 rings (SSSR count). The van der Waals surface area contributed by atoms with Crippen LogP contribution >= 0.6 is 0 Å². The van der Waals surface area contributed by atoms with Gasteiger partial charge in [-0.25, -0.2) is 4.79 Å². The molecule has 0 radical (unpaired) electrons. The van der Waals surface area contributed by atoms with E-state index in [2.05, 4.69) is 0 Å². The number of carbonyl (C=O) groups is 1. The van der Waals surface area contributed by atoms with Gasteiger partial charge in [0, 0.05) is 6.61 Å². The minimum atomic E-state index is -4.47. The molecule has 0 saturated carbocycles. The number of carbonyl (C=O) groups excluding carboxylic acids is 1. The van der Waals surface area contributed by atoms with Crippen LogP contribution < -0.4 is 0 Å². The second-order valence-corrected chi connectivity index (χ2v) is 4.31. The summed E-state index contributed by atoms with van der Waals surface area (Å²) in [6.07, 6.45) is -2.90. The molecule has 0 spiro atoms. The first kappa shape index (κ1) is 13.9. The van der Waals surface area contributed by atoms with Crippen LogP contribution in [0.1, 0.15) is 28.8 Å². The Bertz CT molecular complexity index is 451. The maximum atomic E-state index is 12.5. The van der Waals surface area contributed by atoms with Gasteiger partial charge in [0.1, 0.15) is 6.61 Å². The fourth-order valence-electron chi connectivity index (χ4n) is 1.85. The lowest BCUT2D eigenvalue weighted by Gasteiger charge is -2.11. The lowest BCUT2D eigenvalue weighted by molar-refractivity contribution is -0.137. The Morgan fingerprint density at radius 3 is 2.84 bits per heavy atom. The molecular formula is C13H13F3O3. The molecule has 1 aliphatic heterocycles. The van der Waals surface area contributed by atoms with E-state index in [0.717, 1.165) is 25.0 Å². The highest BCUT2D eigenvalue weighted by Gasteiger charge is 2.31. The molecule has 0 N–H and O–H groups in total. The molecule has 1 aromatic rings. The second-order valence-electron chi connectivity index (χ2n) is 4.31. The molecule has 1 heterocycles. The van der Waals surface area contributed by atoms with Crippen LogP contribution in [0.3, 0.4) is 0 Å². The van der Waals surface area contributed by atoms with E-state index in [1.54, 1.807) is 0 Å². The summed E-state index contributed by atoms with van der Waals surface area (Å²) >= 11 is 0. The molecule has 1 aliphatic rings. The molecule has 1 saturated heterocycles. The average molecular weight is 274 g/mol. The van der Waals surface area contributed by atoms with E-state index in [1.165, 1.54) is 12.1 Å². The summed E-state index contributed by atoms with van der Waals surface area (Å²) in [4.78, 5) is 11.6. The number of hydrogen-bond donors (Lipinski definition) is 0.